The number of thiophene rings is 1. The molecular weight excluding hydrogens is 427 g/mol. The molecule has 32 heavy (non-hydrogen) atoms. The van der Waals surface area contributed by atoms with Gasteiger partial charge in [-0.25, -0.2) is 14.4 Å². The van der Waals surface area contributed by atoms with E-state index in [1.807, 2.05) is 12.1 Å². The highest BCUT2D eigenvalue weighted by atomic mass is 32.1. The van der Waals surface area contributed by atoms with Crippen molar-refractivity contribution in [1.29, 1.82) is 0 Å². The number of rotatable bonds is 7. The molecule has 0 unspecified atom stereocenters. The smallest absolute Gasteiger partial charge is 0.141 e. The fourth-order valence-corrected chi connectivity index (χ4v) is 5.43. The quantitative estimate of drug-likeness (QED) is 0.500. The standard InChI is InChI=1S/C24H29FN4O2S/c25-20-3-1-19(2-4-20)21-16-32-24-22(21)23(26-17-27-24)29-7-5-18(6-8-29)15-31-14-11-28-9-12-30-13-10-28/h1-4,16-18H,5-15H2. The minimum atomic E-state index is -0.223. The third-order valence-electron chi connectivity index (χ3n) is 6.43. The second-order valence-corrected chi connectivity index (χ2v) is 9.35. The Kier molecular flexibility index (Phi) is 6.92. The number of benzene rings is 1. The van der Waals surface area contributed by atoms with Crippen molar-refractivity contribution in [2.75, 3.05) is 64.1 Å². The molecule has 3 aromatic rings. The van der Waals surface area contributed by atoms with Gasteiger partial charge in [-0.3, -0.25) is 4.90 Å². The maximum Gasteiger partial charge on any atom is 0.141 e. The number of anilines is 1. The van der Waals surface area contributed by atoms with Crippen LogP contribution in [0.5, 0.6) is 0 Å². The van der Waals surface area contributed by atoms with Gasteiger partial charge in [-0.15, -0.1) is 11.3 Å². The third kappa shape index (κ3) is 4.93. The van der Waals surface area contributed by atoms with E-state index in [4.69, 9.17) is 9.47 Å². The first-order chi connectivity index (χ1) is 15.8. The van der Waals surface area contributed by atoms with Gasteiger partial charge in [0, 0.05) is 50.3 Å². The lowest BCUT2D eigenvalue weighted by Gasteiger charge is -2.33. The molecule has 0 amide bonds. The van der Waals surface area contributed by atoms with Gasteiger partial charge >= 0.3 is 0 Å². The van der Waals surface area contributed by atoms with Crippen LogP contribution >= 0.6 is 11.3 Å². The molecule has 0 radical (unpaired) electrons. The van der Waals surface area contributed by atoms with E-state index >= 15 is 0 Å². The molecule has 2 aliphatic heterocycles. The molecule has 8 heteroatoms. The molecular formula is C24H29FN4O2S. The first-order valence-corrected chi connectivity index (χ1v) is 12.3. The Morgan fingerprint density at radius 3 is 2.62 bits per heavy atom. The summed E-state index contributed by atoms with van der Waals surface area (Å²) < 4.78 is 24.8. The van der Waals surface area contributed by atoms with Crippen molar-refractivity contribution in [1.82, 2.24) is 14.9 Å². The molecule has 4 heterocycles. The van der Waals surface area contributed by atoms with Gasteiger partial charge in [0.05, 0.1) is 25.2 Å². The van der Waals surface area contributed by atoms with Gasteiger partial charge in [0.25, 0.3) is 0 Å². The van der Waals surface area contributed by atoms with Crippen molar-refractivity contribution in [3.05, 3.63) is 41.8 Å². The van der Waals surface area contributed by atoms with E-state index in [0.29, 0.717) is 5.92 Å². The lowest BCUT2D eigenvalue weighted by atomic mass is 9.97. The lowest BCUT2D eigenvalue weighted by Crippen LogP contribution is -2.39. The number of morpholine rings is 1. The Hall–Kier alpha value is -2.13. The Morgan fingerprint density at radius 2 is 1.84 bits per heavy atom. The summed E-state index contributed by atoms with van der Waals surface area (Å²) in [4.78, 5) is 14.9. The number of hydrogen-bond donors (Lipinski definition) is 0. The van der Waals surface area contributed by atoms with Crippen molar-refractivity contribution >= 4 is 27.4 Å². The maximum absolute atomic E-state index is 13.4. The zero-order chi connectivity index (χ0) is 21.8. The van der Waals surface area contributed by atoms with Gasteiger partial charge in [0.2, 0.25) is 0 Å². The van der Waals surface area contributed by atoms with Crippen molar-refractivity contribution < 1.29 is 13.9 Å². The van der Waals surface area contributed by atoms with E-state index in [2.05, 4.69) is 25.1 Å². The fourth-order valence-electron chi connectivity index (χ4n) is 4.52. The summed E-state index contributed by atoms with van der Waals surface area (Å²) in [6.07, 6.45) is 3.85. The first kappa shape index (κ1) is 21.7. The highest BCUT2D eigenvalue weighted by Gasteiger charge is 2.24. The molecule has 2 aliphatic rings. The van der Waals surface area contributed by atoms with Crippen molar-refractivity contribution in [2.24, 2.45) is 5.92 Å². The van der Waals surface area contributed by atoms with Gasteiger partial charge in [-0.05, 0) is 36.5 Å². The number of aromatic nitrogens is 2. The summed E-state index contributed by atoms with van der Waals surface area (Å²) in [6.45, 7) is 8.23. The largest absolute Gasteiger partial charge is 0.380 e. The van der Waals surface area contributed by atoms with Gasteiger partial charge in [0.1, 0.15) is 22.8 Å². The van der Waals surface area contributed by atoms with Crippen molar-refractivity contribution in [2.45, 2.75) is 12.8 Å². The van der Waals surface area contributed by atoms with Gasteiger partial charge in [-0.2, -0.15) is 0 Å². The highest BCUT2D eigenvalue weighted by molar-refractivity contribution is 7.17. The van der Waals surface area contributed by atoms with Gasteiger partial charge < -0.3 is 14.4 Å². The van der Waals surface area contributed by atoms with Crippen LogP contribution in [0.4, 0.5) is 10.2 Å². The Balaban J connectivity index is 1.19. The second kappa shape index (κ2) is 10.2. The van der Waals surface area contributed by atoms with Gasteiger partial charge in [0.15, 0.2) is 0 Å². The summed E-state index contributed by atoms with van der Waals surface area (Å²) in [7, 11) is 0. The lowest BCUT2D eigenvalue weighted by molar-refractivity contribution is 0.0144. The number of hydrogen-bond acceptors (Lipinski definition) is 7. The molecule has 0 saturated carbocycles. The monoisotopic (exact) mass is 456 g/mol. The predicted octanol–water partition coefficient (Wildman–Crippen LogP) is 4.06. The van der Waals surface area contributed by atoms with E-state index in [1.165, 1.54) is 12.1 Å². The summed E-state index contributed by atoms with van der Waals surface area (Å²) in [5.74, 6) is 1.36. The molecule has 0 aliphatic carbocycles. The van der Waals surface area contributed by atoms with Crippen LogP contribution in [0.3, 0.4) is 0 Å². The van der Waals surface area contributed by atoms with E-state index in [0.717, 1.165) is 99.2 Å². The van der Waals surface area contributed by atoms with E-state index in [-0.39, 0.29) is 5.82 Å². The normalized spacial score (nSPS) is 18.5. The van der Waals surface area contributed by atoms with E-state index < -0.39 is 0 Å². The van der Waals surface area contributed by atoms with Crippen LogP contribution in [-0.2, 0) is 9.47 Å². The number of ether oxygens (including phenoxy) is 2. The highest BCUT2D eigenvalue weighted by Crippen LogP contribution is 2.38. The topological polar surface area (TPSA) is 50.7 Å². The number of nitrogens with zero attached hydrogens (tertiary/aromatic N) is 4. The Bertz CT molecular complexity index is 1010. The molecule has 6 nitrogen and oxygen atoms in total. The molecule has 5 rings (SSSR count). The molecule has 0 spiro atoms. The second-order valence-electron chi connectivity index (χ2n) is 8.49. The minimum Gasteiger partial charge on any atom is -0.380 e. The number of piperidine rings is 1. The molecule has 2 aromatic heterocycles. The van der Waals surface area contributed by atoms with Crippen LogP contribution in [0.25, 0.3) is 21.3 Å². The molecule has 2 saturated heterocycles. The number of fused-ring (bicyclic) bond motifs is 1. The van der Waals surface area contributed by atoms with Crippen LogP contribution in [0, 0.1) is 11.7 Å². The van der Waals surface area contributed by atoms with Gasteiger partial charge in [-0.1, -0.05) is 12.1 Å². The summed E-state index contributed by atoms with van der Waals surface area (Å²) in [5, 5.41) is 3.18. The van der Waals surface area contributed by atoms with Crippen molar-refractivity contribution in [3.63, 3.8) is 0 Å². The molecule has 1 aromatic carbocycles. The molecule has 170 valence electrons. The zero-order valence-electron chi connectivity index (χ0n) is 18.2. The maximum atomic E-state index is 13.4. The predicted molar refractivity (Wildman–Crippen MR) is 126 cm³/mol. The zero-order valence-corrected chi connectivity index (χ0v) is 19.0. The molecule has 2 fully saturated rings. The third-order valence-corrected chi connectivity index (χ3v) is 7.31. The summed E-state index contributed by atoms with van der Waals surface area (Å²) >= 11 is 1.61. The molecule has 0 atom stereocenters. The first-order valence-electron chi connectivity index (χ1n) is 11.4. The minimum absolute atomic E-state index is 0.223. The van der Waals surface area contributed by atoms with Crippen LogP contribution in [0.15, 0.2) is 36.0 Å². The van der Waals surface area contributed by atoms with E-state index in [9.17, 15) is 4.39 Å². The van der Waals surface area contributed by atoms with Crippen LogP contribution in [-0.4, -0.2) is 74.0 Å². The average Bonchev–Trinajstić information content (AvgIpc) is 3.28. The summed E-state index contributed by atoms with van der Waals surface area (Å²) in [5.41, 5.74) is 2.08. The number of halogens is 1. The summed E-state index contributed by atoms with van der Waals surface area (Å²) in [6, 6.07) is 6.67. The molecule has 0 N–H and O–H groups in total. The van der Waals surface area contributed by atoms with Crippen LogP contribution in [0.1, 0.15) is 12.8 Å². The fraction of sp³-hybridized carbons (Fsp3) is 0.500. The van der Waals surface area contributed by atoms with Crippen LogP contribution in [0.2, 0.25) is 0 Å². The van der Waals surface area contributed by atoms with E-state index in [1.54, 1.807) is 17.7 Å². The Labute approximate surface area is 192 Å². The Morgan fingerprint density at radius 1 is 1.06 bits per heavy atom. The molecule has 0 bridgehead atoms. The van der Waals surface area contributed by atoms with Crippen LogP contribution < -0.4 is 4.90 Å². The average molecular weight is 457 g/mol. The van der Waals surface area contributed by atoms with Crippen molar-refractivity contribution in [3.8, 4) is 11.1 Å². The SMILES string of the molecule is Fc1ccc(-c2csc3ncnc(N4CCC(COCCN5CCOCC5)CC4)c23)cc1.